The Balaban J connectivity index is 0.00000441. The van der Waals surface area contributed by atoms with Gasteiger partial charge in [0.1, 0.15) is 6.04 Å². The van der Waals surface area contributed by atoms with Gasteiger partial charge in [0, 0.05) is 13.7 Å². The fraction of sp³-hybridized carbons (Fsp3) is 0.533. The van der Waals surface area contributed by atoms with Crippen LogP contribution in [0.15, 0.2) is 18.2 Å². The number of carbonyl (C=O) groups excluding carboxylic acids is 1. The zero-order valence-electron chi connectivity index (χ0n) is 13.3. The number of nitrogens with one attached hydrogen (secondary N) is 1. The number of halogens is 1. The van der Waals surface area contributed by atoms with Crippen molar-refractivity contribution in [2.75, 3.05) is 27.4 Å². The van der Waals surface area contributed by atoms with Gasteiger partial charge in [0.2, 0.25) is 5.91 Å². The fourth-order valence-electron chi connectivity index (χ4n) is 1.73. The first-order chi connectivity index (χ1) is 10.1. The molecule has 3 N–H and O–H groups in total. The van der Waals surface area contributed by atoms with Gasteiger partial charge in [0.25, 0.3) is 0 Å². The van der Waals surface area contributed by atoms with Gasteiger partial charge < -0.3 is 25.3 Å². The van der Waals surface area contributed by atoms with Gasteiger partial charge >= 0.3 is 0 Å². The summed E-state index contributed by atoms with van der Waals surface area (Å²) in [7, 11) is 3.10. The highest BCUT2D eigenvalue weighted by atomic mass is 35.5. The van der Waals surface area contributed by atoms with E-state index in [0.717, 1.165) is 12.0 Å². The highest BCUT2D eigenvalue weighted by Gasteiger charge is 2.13. The number of amides is 1. The van der Waals surface area contributed by atoms with Crippen LogP contribution in [0.25, 0.3) is 0 Å². The Morgan fingerprint density at radius 2 is 2.05 bits per heavy atom. The average molecular weight is 333 g/mol. The molecule has 1 aromatic carbocycles. The largest absolute Gasteiger partial charge is 0.493 e. The molecule has 1 amide bonds. The maximum absolute atomic E-state index is 11.7. The number of nitrogens with two attached hydrogens (primary N) is 1. The van der Waals surface area contributed by atoms with Crippen molar-refractivity contribution in [3.63, 3.8) is 0 Å². The molecule has 0 aliphatic rings. The van der Waals surface area contributed by atoms with Crippen LogP contribution in [0.4, 0.5) is 0 Å². The lowest BCUT2D eigenvalue weighted by molar-refractivity contribution is -0.123. The molecule has 0 heterocycles. The average Bonchev–Trinajstić information content (AvgIpc) is 2.51. The van der Waals surface area contributed by atoms with E-state index in [4.69, 9.17) is 19.9 Å². The number of hydrogen-bond donors (Lipinski definition) is 2. The lowest BCUT2D eigenvalue weighted by Gasteiger charge is -2.13. The molecule has 0 saturated heterocycles. The van der Waals surface area contributed by atoms with Crippen LogP contribution in [-0.2, 0) is 16.1 Å². The van der Waals surface area contributed by atoms with E-state index in [0.29, 0.717) is 24.7 Å². The zero-order valence-corrected chi connectivity index (χ0v) is 14.1. The van der Waals surface area contributed by atoms with Crippen LogP contribution in [-0.4, -0.2) is 39.4 Å². The van der Waals surface area contributed by atoms with Crippen molar-refractivity contribution in [2.45, 2.75) is 25.9 Å². The van der Waals surface area contributed by atoms with Gasteiger partial charge in [0.05, 0.1) is 20.3 Å². The molecular formula is C15H25ClN2O4. The SMILES string of the molecule is CCCOc1ccc(CNC(=O)C(N)COC)cc1OC.Cl. The van der Waals surface area contributed by atoms with Gasteiger partial charge in [-0.1, -0.05) is 13.0 Å². The minimum absolute atomic E-state index is 0. The number of methoxy groups -OCH3 is 2. The molecule has 0 bridgehead atoms. The second-order valence-electron chi connectivity index (χ2n) is 4.61. The normalized spacial score (nSPS) is 11.3. The second kappa shape index (κ2) is 11.1. The monoisotopic (exact) mass is 332 g/mol. The van der Waals surface area contributed by atoms with Crippen molar-refractivity contribution in [1.29, 1.82) is 0 Å². The molecule has 1 unspecified atom stereocenters. The highest BCUT2D eigenvalue weighted by molar-refractivity contribution is 5.85. The molecular weight excluding hydrogens is 308 g/mol. The van der Waals surface area contributed by atoms with E-state index in [1.165, 1.54) is 7.11 Å². The van der Waals surface area contributed by atoms with E-state index in [1.807, 2.05) is 25.1 Å². The first-order valence-corrected chi connectivity index (χ1v) is 6.94. The molecule has 22 heavy (non-hydrogen) atoms. The third kappa shape index (κ3) is 6.51. The topological polar surface area (TPSA) is 82.8 Å². The molecule has 1 rings (SSSR count). The van der Waals surface area contributed by atoms with Crippen molar-refractivity contribution in [2.24, 2.45) is 5.73 Å². The summed E-state index contributed by atoms with van der Waals surface area (Å²) in [6.07, 6.45) is 0.929. The van der Waals surface area contributed by atoms with Gasteiger partial charge in [-0.05, 0) is 24.1 Å². The van der Waals surface area contributed by atoms with E-state index >= 15 is 0 Å². The third-order valence-corrected chi connectivity index (χ3v) is 2.84. The summed E-state index contributed by atoms with van der Waals surface area (Å²) in [6, 6.07) is 4.90. The van der Waals surface area contributed by atoms with Crippen LogP contribution in [0, 0.1) is 0 Å². The summed E-state index contributed by atoms with van der Waals surface area (Å²) in [4.78, 5) is 11.7. The van der Waals surface area contributed by atoms with Crippen LogP contribution in [0.2, 0.25) is 0 Å². The first-order valence-electron chi connectivity index (χ1n) is 6.94. The van der Waals surface area contributed by atoms with Crippen LogP contribution in [0.1, 0.15) is 18.9 Å². The van der Waals surface area contributed by atoms with Gasteiger partial charge in [0.15, 0.2) is 11.5 Å². The first kappa shape index (κ1) is 20.5. The standard InChI is InChI=1S/C15H24N2O4.ClH/c1-4-7-21-13-6-5-11(8-14(13)20-3)9-17-15(18)12(16)10-19-2;/h5-6,8,12H,4,7,9-10,16H2,1-3H3,(H,17,18);1H. The Morgan fingerprint density at radius 1 is 1.32 bits per heavy atom. The molecule has 0 radical (unpaired) electrons. The smallest absolute Gasteiger partial charge is 0.239 e. The molecule has 0 fully saturated rings. The van der Waals surface area contributed by atoms with Crippen molar-refractivity contribution < 1.29 is 19.0 Å². The highest BCUT2D eigenvalue weighted by Crippen LogP contribution is 2.28. The molecule has 7 heteroatoms. The summed E-state index contributed by atoms with van der Waals surface area (Å²) in [5, 5.41) is 2.76. The number of hydrogen-bond acceptors (Lipinski definition) is 5. The molecule has 6 nitrogen and oxygen atoms in total. The Kier molecular flexibility index (Phi) is 10.4. The van der Waals surface area contributed by atoms with Crippen LogP contribution in [0.5, 0.6) is 11.5 Å². The lowest BCUT2D eigenvalue weighted by Crippen LogP contribution is -2.43. The molecule has 0 aliphatic carbocycles. The minimum atomic E-state index is -0.663. The summed E-state index contributed by atoms with van der Waals surface area (Å²) in [6.45, 7) is 3.25. The van der Waals surface area contributed by atoms with E-state index in [-0.39, 0.29) is 24.9 Å². The Labute approximate surface area is 137 Å². The molecule has 0 saturated carbocycles. The number of benzene rings is 1. The lowest BCUT2D eigenvalue weighted by atomic mass is 10.2. The number of rotatable bonds is 9. The Hall–Kier alpha value is -1.50. The summed E-state index contributed by atoms with van der Waals surface area (Å²) in [5.74, 6) is 1.10. The second-order valence-corrected chi connectivity index (χ2v) is 4.61. The molecule has 0 spiro atoms. The Morgan fingerprint density at radius 3 is 2.64 bits per heavy atom. The molecule has 126 valence electrons. The van der Waals surface area contributed by atoms with Crippen LogP contribution in [0.3, 0.4) is 0 Å². The van der Waals surface area contributed by atoms with Gasteiger partial charge in [-0.15, -0.1) is 12.4 Å². The van der Waals surface area contributed by atoms with Crippen LogP contribution < -0.4 is 20.5 Å². The maximum atomic E-state index is 11.7. The van der Waals surface area contributed by atoms with E-state index in [2.05, 4.69) is 5.32 Å². The predicted octanol–water partition coefficient (Wildman–Crippen LogP) is 1.50. The minimum Gasteiger partial charge on any atom is -0.493 e. The summed E-state index contributed by atoms with van der Waals surface area (Å²) < 4.78 is 15.7. The maximum Gasteiger partial charge on any atom is 0.239 e. The molecule has 1 atom stereocenters. The van der Waals surface area contributed by atoms with Crippen LogP contribution >= 0.6 is 12.4 Å². The molecule has 0 aliphatic heterocycles. The number of ether oxygens (including phenoxy) is 3. The number of carbonyl (C=O) groups is 1. The fourth-order valence-corrected chi connectivity index (χ4v) is 1.73. The molecule has 1 aromatic rings. The van der Waals surface area contributed by atoms with Gasteiger partial charge in [-0.3, -0.25) is 4.79 Å². The Bertz CT molecular complexity index is 457. The van der Waals surface area contributed by atoms with Crippen molar-refractivity contribution >= 4 is 18.3 Å². The zero-order chi connectivity index (χ0) is 15.7. The van der Waals surface area contributed by atoms with Crippen molar-refractivity contribution in [3.8, 4) is 11.5 Å². The summed E-state index contributed by atoms with van der Waals surface area (Å²) in [5.41, 5.74) is 6.56. The van der Waals surface area contributed by atoms with E-state index < -0.39 is 6.04 Å². The molecule has 0 aromatic heterocycles. The third-order valence-electron chi connectivity index (χ3n) is 2.84. The van der Waals surface area contributed by atoms with Gasteiger partial charge in [-0.2, -0.15) is 0 Å². The van der Waals surface area contributed by atoms with E-state index in [1.54, 1.807) is 7.11 Å². The van der Waals surface area contributed by atoms with E-state index in [9.17, 15) is 4.79 Å². The summed E-state index contributed by atoms with van der Waals surface area (Å²) >= 11 is 0. The quantitative estimate of drug-likeness (QED) is 0.716. The van der Waals surface area contributed by atoms with Gasteiger partial charge in [-0.25, -0.2) is 0 Å². The van der Waals surface area contributed by atoms with Crippen molar-refractivity contribution in [1.82, 2.24) is 5.32 Å². The predicted molar refractivity (Wildman–Crippen MR) is 87.7 cm³/mol. The van der Waals surface area contributed by atoms with Crippen molar-refractivity contribution in [3.05, 3.63) is 23.8 Å².